The predicted molar refractivity (Wildman–Crippen MR) is 131 cm³/mol. The van der Waals surface area contributed by atoms with E-state index in [1.807, 2.05) is 56.3 Å². The van der Waals surface area contributed by atoms with Crippen molar-refractivity contribution in [2.45, 2.75) is 51.4 Å². The Kier molecular flexibility index (Phi) is 9.20. The van der Waals surface area contributed by atoms with Gasteiger partial charge in [-0.1, -0.05) is 18.2 Å². The van der Waals surface area contributed by atoms with E-state index in [9.17, 15) is 13.2 Å². The van der Waals surface area contributed by atoms with Crippen LogP contribution in [0.3, 0.4) is 0 Å². The van der Waals surface area contributed by atoms with Crippen molar-refractivity contribution in [1.82, 2.24) is 15.6 Å². The van der Waals surface area contributed by atoms with Crippen LogP contribution in [0.2, 0.25) is 0 Å². The van der Waals surface area contributed by atoms with E-state index in [0.717, 1.165) is 22.3 Å². The van der Waals surface area contributed by atoms with Gasteiger partial charge in [0.1, 0.15) is 5.82 Å². The number of halogens is 4. The van der Waals surface area contributed by atoms with Crippen molar-refractivity contribution in [2.24, 2.45) is 10.9 Å². The highest BCUT2D eigenvalue weighted by molar-refractivity contribution is 14.0. The summed E-state index contributed by atoms with van der Waals surface area (Å²) in [5.74, 6) is 0.324. The summed E-state index contributed by atoms with van der Waals surface area (Å²) in [5.41, 5.74) is 1.97. The molecule has 1 heterocycles. The van der Waals surface area contributed by atoms with Crippen molar-refractivity contribution in [3.05, 3.63) is 35.9 Å². The summed E-state index contributed by atoms with van der Waals surface area (Å²) in [7, 11) is 3.90. The monoisotopic (exact) mass is 549 g/mol. The number of guanidine groups is 1. The summed E-state index contributed by atoms with van der Waals surface area (Å²) in [4.78, 5) is 11.4. The first-order chi connectivity index (χ1) is 14.3. The van der Waals surface area contributed by atoms with Crippen LogP contribution in [0.1, 0.15) is 38.2 Å². The van der Waals surface area contributed by atoms with Crippen LogP contribution in [-0.2, 0) is 6.54 Å². The van der Waals surface area contributed by atoms with Gasteiger partial charge in [-0.3, -0.25) is 0 Å². The van der Waals surface area contributed by atoms with Gasteiger partial charge >= 0.3 is 6.18 Å². The van der Waals surface area contributed by atoms with E-state index >= 15 is 0 Å². The number of hydrogen-bond donors (Lipinski definition) is 2. The number of anilines is 1. The smallest absolute Gasteiger partial charge is 0.363 e. The van der Waals surface area contributed by atoms with E-state index in [0.29, 0.717) is 31.9 Å². The second-order valence-electron chi connectivity index (χ2n) is 7.98. The molecular formula is C22H31F3IN5. The average molecular weight is 549 g/mol. The average Bonchev–Trinajstić information content (AvgIpc) is 2.71. The first-order valence-corrected chi connectivity index (χ1v) is 10.5. The lowest BCUT2D eigenvalue weighted by Gasteiger charge is -2.31. The van der Waals surface area contributed by atoms with E-state index in [4.69, 9.17) is 4.99 Å². The lowest BCUT2D eigenvalue weighted by molar-refractivity contribution is -0.182. The molecule has 1 aliphatic carbocycles. The van der Waals surface area contributed by atoms with Gasteiger partial charge in [0.25, 0.3) is 0 Å². The van der Waals surface area contributed by atoms with Crippen LogP contribution in [0.4, 0.5) is 19.0 Å². The minimum absolute atomic E-state index is 0. The molecule has 0 unspecified atom stereocenters. The molecule has 1 aromatic heterocycles. The standard InChI is InChI=1S/C22H30F3N5.HI/c1-4-26-21(28-17-11-9-16(10-12-17)22(23,24)25)27-14-15-13-20(30(2)3)29-19-8-6-5-7-18(15)19;/h5-8,13,16-17H,4,9-12,14H2,1-3H3,(H2,26,27,28);1H. The number of pyridine rings is 1. The lowest BCUT2D eigenvalue weighted by Crippen LogP contribution is -2.45. The number of fused-ring (bicyclic) bond motifs is 1. The molecule has 31 heavy (non-hydrogen) atoms. The van der Waals surface area contributed by atoms with Crippen molar-refractivity contribution in [1.29, 1.82) is 0 Å². The van der Waals surface area contributed by atoms with Crippen LogP contribution in [0.5, 0.6) is 0 Å². The number of benzene rings is 1. The fraction of sp³-hybridized carbons (Fsp3) is 0.545. The van der Waals surface area contributed by atoms with Crippen molar-refractivity contribution in [3.8, 4) is 0 Å². The number of aromatic nitrogens is 1. The van der Waals surface area contributed by atoms with Crippen molar-refractivity contribution in [2.75, 3.05) is 25.5 Å². The van der Waals surface area contributed by atoms with Gasteiger partial charge in [-0.15, -0.1) is 24.0 Å². The SMILES string of the molecule is CCNC(=NCc1cc(N(C)C)nc2ccccc12)NC1CCC(C(F)(F)F)CC1.I. The quantitative estimate of drug-likeness (QED) is 0.310. The maximum atomic E-state index is 12.9. The molecule has 1 fully saturated rings. The predicted octanol–water partition coefficient (Wildman–Crippen LogP) is 5.10. The Morgan fingerprint density at radius 2 is 1.84 bits per heavy atom. The van der Waals surface area contributed by atoms with Gasteiger partial charge in [0.15, 0.2) is 5.96 Å². The molecule has 2 N–H and O–H groups in total. The zero-order chi connectivity index (χ0) is 21.7. The summed E-state index contributed by atoms with van der Waals surface area (Å²) < 4.78 is 38.7. The Morgan fingerprint density at radius 1 is 1.16 bits per heavy atom. The third-order valence-electron chi connectivity index (χ3n) is 5.53. The summed E-state index contributed by atoms with van der Waals surface area (Å²) in [6.45, 7) is 3.12. The molecule has 0 bridgehead atoms. The van der Waals surface area contributed by atoms with Gasteiger partial charge in [-0.05, 0) is 50.3 Å². The molecule has 0 radical (unpaired) electrons. The Bertz CT molecular complexity index is 877. The molecule has 0 atom stereocenters. The molecule has 0 amide bonds. The van der Waals surface area contributed by atoms with Crippen LogP contribution in [0.15, 0.2) is 35.3 Å². The molecule has 1 aromatic carbocycles. The van der Waals surface area contributed by atoms with Crippen LogP contribution in [-0.4, -0.2) is 43.8 Å². The van der Waals surface area contributed by atoms with Crippen molar-refractivity contribution in [3.63, 3.8) is 0 Å². The molecule has 9 heteroatoms. The molecule has 0 saturated heterocycles. The first kappa shape index (κ1) is 25.5. The molecule has 0 aliphatic heterocycles. The fourth-order valence-electron chi connectivity index (χ4n) is 3.83. The van der Waals surface area contributed by atoms with Crippen LogP contribution in [0, 0.1) is 5.92 Å². The van der Waals surface area contributed by atoms with Gasteiger partial charge in [0.2, 0.25) is 0 Å². The Morgan fingerprint density at radius 3 is 2.45 bits per heavy atom. The van der Waals surface area contributed by atoms with Crippen LogP contribution < -0.4 is 15.5 Å². The second kappa shape index (κ2) is 11.2. The molecular weight excluding hydrogens is 518 g/mol. The molecule has 172 valence electrons. The summed E-state index contributed by atoms with van der Waals surface area (Å²) >= 11 is 0. The van der Waals surface area contributed by atoms with Crippen LogP contribution in [0.25, 0.3) is 10.9 Å². The Balaban J connectivity index is 0.00000341. The van der Waals surface area contributed by atoms with E-state index in [2.05, 4.69) is 15.6 Å². The van der Waals surface area contributed by atoms with E-state index in [-0.39, 0.29) is 42.9 Å². The molecule has 2 aromatic rings. The van der Waals surface area contributed by atoms with Crippen molar-refractivity contribution < 1.29 is 13.2 Å². The summed E-state index contributed by atoms with van der Waals surface area (Å²) in [6, 6.07) is 10.0. The Labute approximate surface area is 198 Å². The number of hydrogen-bond acceptors (Lipinski definition) is 3. The highest BCUT2D eigenvalue weighted by atomic mass is 127. The molecule has 1 saturated carbocycles. The summed E-state index contributed by atoms with van der Waals surface area (Å²) in [5, 5.41) is 7.60. The highest BCUT2D eigenvalue weighted by Gasteiger charge is 2.41. The van der Waals surface area contributed by atoms with Crippen molar-refractivity contribution >= 4 is 46.7 Å². The minimum Gasteiger partial charge on any atom is -0.363 e. The van der Waals surface area contributed by atoms with Gasteiger partial charge in [-0.25, -0.2) is 9.98 Å². The number of nitrogens with zero attached hydrogens (tertiary/aromatic N) is 3. The number of nitrogens with one attached hydrogen (secondary N) is 2. The normalized spacial score (nSPS) is 19.6. The minimum atomic E-state index is -4.09. The van der Waals surface area contributed by atoms with Gasteiger partial charge in [-0.2, -0.15) is 13.2 Å². The van der Waals surface area contributed by atoms with E-state index in [1.165, 1.54) is 0 Å². The molecule has 1 aliphatic rings. The van der Waals surface area contributed by atoms with Crippen LogP contribution >= 0.6 is 24.0 Å². The Hall–Kier alpha value is -1.78. The highest BCUT2D eigenvalue weighted by Crippen LogP contribution is 2.37. The fourth-order valence-corrected chi connectivity index (χ4v) is 3.83. The zero-order valence-corrected chi connectivity index (χ0v) is 20.5. The number of rotatable bonds is 5. The van der Waals surface area contributed by atoms with E-state index in [1.54, 1.807) is 0 Å². The maximum absolute atomic E-state index is 12.9. The van der Waals surface area contributed by atoms with E-state index < -0.39 is 12.1 Å². The molecule has 3 rings (SSSR count). The van der Waals surface area contributed by atoms with Gasteiger partial charge < -0.3 is 15.5 Å². The zero-order valence-electron chi connectivity index (χ0n) is 18.2. The largest absolute Gasteiger partial charge is 0.391 e. The maximum Gasteiger partial charge on any atom is 0.391 e. The number of alkyl halides is 3. The molecule has 5 nitrogen and oxygen atoms in total. The van der Waals surface area contributed by atoms with Gasteiger partial charge in [0.05, 0.1) is 18.0 Å². The number of aliphatic imine (C=N–C) groups is 1. The first-order valence-electron chi connectivity index (χ1n) is 10.5. The lowest BCUT2D eigenvalue weighted by atomic mass is 9.85. The summed E-state index contributed by atoms with van der Waals surface area (Å²) in [6.07, 6.45) is -2.76. The molecule has 0 spiro atoms. The second-order valence-corrected chi connectivity index (χ2v) is 7.98. The number of para-hydroxylation sites is 1. The van der Waals surface area contributed by atoms with Gasteiger partial charge in [0, 0.05) is 32.1 Å². The third kappa shape index (κ3) is 6.85. The third-order valence-corrected chi connectivity index (χ3v) is 5.53. The topological polar surface area (TPSA) is 52.6 Å².